The molecule has 1 aromatic rings. The van der Waals surface area contributed by atoms with Gasteiger partial charge in [0, 0.05) is 6.04 Å². The second kappa shape index (κ2) is 6.48. The van der Waals surface area contributed by atoms with Crippen LogP contribution in [0.4, 0.5) is 4.39 Å². The molecule has 0 radical (unpaired) electrons. The fraction of sp³-hybridized carbons (Fsp3) is 0.684. The summed E-state index contributed by atoms with van der Waals surface area (Å²) >= 11 is 0. The third kappa shape index (κ3) is 3.85. The number of aryl methyl sites for hydroxylation is 1. The first-order chi connectivity index (χ1) is 9.82. The lowest BCUT2D eigenvalue weighted by Crippen LogP contribution is -2.32. The minimum absolute atomic E-state index is 0.137. The first kappa shape index (κ1) is 16.5. The lowest BCUT2D eigenvalue weighted by molar-refractivity contribution is 0.134. The molecule has 0 heterocycles. The van der Waals surface area contributed by atoms with E-state index in [0.29, 0.717) is 17.4 Å². The summed E-state index contributed by atoms with van der Waals surface area (Å²) in [6, 6.07) is 5.56. The van der Waals surface area contributed by atoms with Crippen LogP contribution in [-0.4, -0.2) is 7.05 Å². The standard InChI is InChI=1S/C19H30FN/c1-13-12-16(20)10-11-17(13)18(21-5)14-6-8-15(9-7-14)19(2,3)4/h10-12,14-15,18,21H,6-9H2,1-5H3. The lowest BCUT2D eigenvalue weighted by Gasteiger charge is -2.40. The molecule has 2 rings (SSSR count). The number of rotatable bonds is 3. The maximum Gasteiger partial charge on any atom is 0.123 e. The topological polar surface area (TPSA) is 12.0 Å². The maximum atomic E-state index is 13.3. The van der Waals surface area contributed by atoms with E-state index in [0.717, 1.165) is 11.5 Å². The average molecular weight is 291 g/mol. The van der Waals surface area contributed by atoms with Crippen molar-refractivity contribution >= 4 is 0 Å². The van der Waals surface area contributed by atoms with Crippen molar-refractivity contribution in [2.75, 3.05) is 7.05 Å². The zero-order valence-corrected chi connectivity index (χ0v) is 14.2. The number of hydrogen-bond donors (Lipinski definition) is 1. The van der Waals surface area contributed by atoms with Gasteiger partial charge in [0.25, 0.3) is 0 Å². The molecule has 1 unspecified atom stereocenters. The highest BCUT2D eigenvalue weighted by Crippen LogP contribution is 2.43. The molecule has 118 valence electrons. The second-order valence-electron chi connectivity index (χ2n) is 7.74. The van der Waals surface area contributed by atoms with E-state index >= 15 is 0 Å². The summed E-state index contributed by atoms with van der Waals surface area (Å²) in [6.07, 6.45) is 5.16. The molecule has 1 aliphatic carbocycles. The van der Waals surface area contributed by atoms with E-state index in [1.165, 1.54) is 31.2 Å². The summed E-state index contributed by atoms with van der Waals surface area (Å²) in [5, 5.41) is 3.48. The summed E-state index contributed by atoms with van der Waals surface area (Å²) in [7, 11) is 2.03. The molecule has 0 spiro atoms. The van der Waals surface area contributed by atoms with Crippen LogP contribution in [0.2, 0.25) is 0 Å². The third-order valence-corrected chi connectivity index (χ3v) is 5.35. The fourth-order valence-electron chi connectivity index (χ4n) is 3.95. The minimum Gasteiger partial charge on any atom is -0.313 e. The van der Waals surface area contributed by atoms with Crippen molar-refractivity contribution in [2.45, 2.75) is 59.4 Å². The van der Waals surface area contributed by atoms with E-state index in [2.05, 4.69) is 26.1 Å². The fourth-order valence-corrected chi connectivity index (χ4v) is 3.95. The SMILES string of the molecule is CNC(c1ccc(F)cc1C)C1CCC(C(C)(C)C)CC1. The van der Waals surface area contributed by atoms with Crippen LogP contribution in [0.1, 0.15) is 63.6 Å². The van der Waals surface area contributed by atoms with Crippen molar-refractivity contribution in [3.63, 3.8) is 0 Å². The van der Waals surface area contributed by atoms with Crippen molar-refractivity contribution < 1.29 is 4.39 Å². The summed E-state index contributed by atoms with van der Waals surface area (Å²) < 4.78 is 13.3. The molecule has 21 heavy (non-hydrogen) atoms. The predicted molar refractivity (Wildman–Crippen MR) is 87.8 cm³/mol. The van der Waals surface area contributed by atoms with Crippen LogP contribution < -0.4 is 5.32 Å². The second-order valence-corrected chi connectivity index (χ2v) is 7.74. The van der Waals surface area contributed by atoms with Gasteiger partial charge in [-0.1, -0.05) is 26.8 Å². The van der Waals surface area contributed by atoms with Gasteiger partial charge >= 0.3 is 0 Å². The molecule has 2 heteroatoms. The van der Waals surface area contributed by atoms with E-state index in [-0.39, 0.29) is 5.82 Å². The van der Waals surface area contributed by atoms with E-state index in [1.54, 1.807) is 12.1 Å². The van der Waals surface area contributed by atoms with Gasteiger partial charge in [-0.25, -0.2) is 4.39 Å². The minimum atomic E-state index is -0.137. The Labute approximate surface area is 129 Å². The van der Waals surface area contributed by atoms with Gasteiger partial charge < -0.3 is 5.32 Å². The van der Waals surface area contributed by atoms with Crippen molar-refractivity contribution in [1.29, 1.82) is 0 Å². The zero-order chi connectivity index (χ0) is 15.6. The highest BCUT2D eigenvalue weighted by Gasteiger charge is 2.33. The Bertz CT molecular complexity index is 467. The molecule has 1 atom stereocenters. The molecule has 1 saturated carbocycles. The van der Waals surface area contributed by atoms with Crippen LogP contribution in [0, 0.1) is 30.0 Å². The van der Waals surface area contributed by atoms with E-state index in [4.69, 9.17) is 0 Å². The van der Waals surface area contributed by atoms with Crippen molar-refractivity contribution in [3.8, 4) is 0 Å². The molecule has 1 aromatic carbocycles. The van der Waals surface area contributed by atoms with Crippen molar-refractivity contribution in [1.82, 2.24) is 5.32 Å². The number of nitrogens with one attached hydrogen (secondary N) is 1. The van der Waals surface area contributed by atoms with Crippen LogP contribution in [0.5, 0.6) is 0 Å². The molecule has 1 N–H and O–H groups in total. The Hall–Kier alpha value is -0.890. The molecule has 1 fully saturated rings. The molecular formula is C19H30FN. The molecule has 0 amide bonds. The summed E-state index contributed by atoms with van der Waals surface area (Å²) in [4.78, 5) is 0. The van der Waals surface area contributed by atoms with Crippen LogP contribution in [0.3, 0.4) is 0 Å². The normalized spacial score (nSPS) is 24.9. The van der Waals surface area contributed by atoms with Crippen LogP contribution in [0.25, 0.3) is 0 Å². The van der Waals surface area contributed by atoms with E-state index in [1.807, 2.05) is 20.0 Å². The highest BCUT2D eigenvalue weighted by molar-refractivity contribution is 5.30. The molecule has 1 nitrogen and oxygen atoms in total. The molecule has 0 saturated heterocycles. The smallest absolute Gasteiger partial charge is 0.123 e. The van der Waals surface area contributed by atoms with E-state index < -0.39 is 0 Å². The Kier molecular flexibility index (Phi) is 5.08. The average Bonchev–Trinajstić information content (AvgIpc) is 2.41. The first-order valence-corrected chi connectivity index (χ1v) is 8.26. The quantitative estimate of drug-likeness (QED) is 0.802. The van der Waals surface area contributed by atoms with Crippen LogP contribution >= 0.6 is 0 Å². The van der Waals surface area contributed by atoms with E-state index in [9.17, 15) is 4.39 Å². The van der Waals surface area contributed by atoms with Gasteiger partial charge in [-0.2, -0.15) is 0 Å². The number of hydrogen-bond acceptors (Lipinski definition) is 1. The third-order valence-electron chi connectivity index (χ3n) is 5.35. The lowest BCUT2D eigenvalue weighted by atomic mass is 9.68. The Morgan fingerprint density at radius 1 is 1.14 bits per heavy atom. The van der Waals surface area contributed by atoms with Gasteiger partial charge in [0.05, 0.1) is 0 Å². The molecule has 0 aromatic heterocycles. The summed E-state index contributed by atoms with van der Waals surface area (Å²) in [6.45, 7) is 9.09. The van der Waals surface area contributed by atoms with Crippen molar-refractivity contribution in [3.05, 3.63) is 35.1 Å². The zero-order valence-electron chi connectivity index (χ0n) is 14.2. The number of halogens is 1. The van der Waals surface area contributed by atoms with Gasteiger partial charge in [0.1, 0.15) is 5.82 Å². The van der Waals surface area contributed by atoms with Gasteiger partial charge in [0.15, 0.2) is 0 Å². The van der Waals surface area contributed by atoms with Gasteiger partial charge in [-0.05, 0) is 80.2 Å². The molecule has 0 bridgehead atoms. The largest absolute Gasteiger partial charge is 0.313 e. The van der Waals surface area contributed by atoms with Gasteiger partial charge in [-0.3, -0.25) is 0 Å². The number of benzene rings is 1. The molecule has 1 aliphatic rings. The van der Waals surface area contributed by atoms with Crippen LogP contribution in [0.15, 0.2) is 18.2 Å². The highest BCUT2D eigenvalue weighted by atomic mass is 19.1. The molecule has 0 aliphatic heterocycles. The molecular weight excluding hydrogens is 261 g/mol. The summed E-state index contributed by atoms with van der Waals surface area (Å²) in [5.74, 6) is 1.36. The van der Waals surface area contributed by atoms with Gasteiger partial charge in [0.2, 0.25) is 0 Å². The Morgan fingerprint density at radius 2 is 1.76 bits per heavy atom. The monoisotopic (exact) mass is 291 g/mol. The maximum absolute atomic E-state index is 13.3. The van der Waals surface area contributed by atoms with Crippen molar-refractivity contribution in [2.24, 2.45) is 17.3 Å². The first-order valence-electron chi connectivity index (χ1n) is 8.26. The summed E-state index contributed by atoms with van der Waals surface area (Å²) in [5.41, 5.74) is 2.75. The predicted octanol–water partition coefficient (Wildman–Crippen LogP) is 5.25. The van der Waals surface area contributed by atoms with Gasteiger partial charge in [-0.15, -0.1) is 0 Å². The Morgan fingerprint density at radius 3 is 2.24 bits per heavy atom. The van der Waals surface area contributed by atoms with Crippen LogP contribution in [-0.2, 0) is 0 Å². The Balaban J connectivity index is 2.09.